The van der Waals surface area contributed by atoms with Gasteiger partial charge in [-0.05, 0) is 30.6 Å². The molecule has 0 amide bonds. The standard InChI is InChI=1S/C15H28N2O/c1-10(2)16-14-5-3-4-6-15(14)17-7-11-12(8-17)13(11)9-18/h10-16,18H,3-9H2,1-2H3/t11-,12+,13+,14-,15-/m1/s1. The van der Waals surface area contributed by atoms with Crippen LogP contribution in [0, 0.1) is 17.8 Å². The minimum Gasteiger partial charge on any atom is -0.396 e. The summed E-state index contributed by atoms with van der Waals surface area (Å²) in [5.74, 6) is 2.27. The van der Waals surface area contributed by atoms with Crippen LogP contribution < -0.4 is 5.32 Å². The van der Waals surface area contributed by atoms with Crippen LogP contribution in [-0.2, 0) is 0 Å². The molecule has 2 aliphatic carbocycles. The van der Waals surface area contributed by atoms with E-state index in [-0.39, 0.29) is 0 Å². The molecule has 2 N–H and O–H groups in total. The lowest BCUT2D eigenvalue weighted by atomic mass is 9.88. The van der Waals surface area contributed by atoms with Crippen LogP contribution in [0.1, 0.15) is 39.5 Å². The first-order valence-electron chi connectivity index (χ1n) is 7.81. The third-order valence-electron chi connectivity index (χ3n) is 5.36. The normalized spacial score (nSPS) is 44.3. The summed E-state index contributed by atoms with van der Waals surface area (Å²) < 4.78 is 0. The third-order valence-corrected chi connectivity index (χ3v) is 5.36. The molecule has 2 saturated carbocycles. The summed E-state index contributed by atoms with van der Waals surface area (Å²) in [5.41, 5.74) is 0. The maximum atomic E-state index is 9.25. The van der Waals surface area contributed by atoms with Crippen LogP contribution >= 0.6 is 0 Å². The molecule has 3 nitrogen and oxygen atoms in total. The predicted molar refractivity (Wildman–Crippen MR) is 73.4 cm³/mol. The Morgan fingerprint density at radius 2 is 1.83 bits per heavy atom. The number of rotatable bonds is 4. The average Bonchev–Trinajstić information content (AvgIpc) is 2.81. The summed E-state index contributed by atoms with van der Waals surface area (Å²) in [5, 5.41) is 13.0. The Bertz CT molecular complexity index is 282. The first kappa shape index (κ1) is 12.9. The maximum absolute atomic E-state index is 9.25. The molecule has 0 radical (unpaired) electrons. The Hall–Kier alpha value is -0.120. The molecule has 3 fully saturated rings. The van der Waals surface area contributed by atoms with Crippen molar-refractivity contribution < 1.29 is 5.11 Å². The number of fused-ring (bicyclic) bond motifs is 1. The molecule has 18 heavy (non-hydrogen) atoms. The van der Waals surface area contributed by atoms with Crippen LogP contribution in [-0.4, -0.2) is 47.8 Å². The first-order chi connectivity index (χ1) is 8.70. The van der Waals surface area contributed by atoms with Crippen molar-refractivity contribution in [2.45, 2.75) is 57.7 Å². The zero-order valence-corrected chi connectivity index (χ0v) is 11.8. The Morgan fingerprint density at radius 3 is 2.44 bits per heavy atom. The molecule has 0 aromatic carbocycles. The summed E-state index contributed by atoms with van der Waals surface area (Å²) >= 11 is 0. The van der Waals surface area contributed by atoms with Gasteiger partial charge >= 0.3 is 0 Å². The Morgan fingerprint density at radius 1 is 1.17 bits per heavy atom. The van der Waals surface area contributed by atoms with Crippen molar-refractivity contribution in [2.75, 3.05) is 19.7 Å². The van der Waals surface area contributed by atoms with E-state index in [1.54, 1.807) is 0 Å². The summed E-state index contributed by atoms with van der Waals surface area (Å²) in [7, 11) is 0. The number of aliphatic hydroxyl groups excluding tert-OH is 1. The Balaban J connectivity index is 1.57. The topological polar surface area (TPSA) is 35.5 Å². The first-order valence-corrected chi connectivity index (χ1v) is 7.81. The Labute approximate surface area is 111 Å². The van der Waals surface area contributed by atoms with Gasteiger partial charge in [-0.15, -0.1) is 0 Å². The minimum absolute atomic E-state index is 0.418. The van der Waals surface area contributed by atoms with Crippen molar-refractivity contribution in [1.82, 2.24) is 10.2 Å². The van der Waals surface area contributed by atoms with Gasteiger partial charge < -0.3 is 10.4 Å². The second kappa shape index (κ2) is 5.10. The smallest absolute Gasteiger partial charge is 0.0465 e. The molecule has 3 heteroatoms. The second-order valence-corrected chi connectivity index (χ2v) is 6.91. The van der Waals surface area contributed by atoms with Gasteiger partial charge in [0.25, 0.3) is 0 Å². The summed E-state index contributed by atoms with van der Waals surface area (Å²) in [6, 6.07) is 2.05. The van der Waals surface area contributed by atoms with E-state index in [0.29, 0.717) is 24.6 Å². The van der Waals surface area contributed by atoms with E-state index in [4.69, 9.17) is 0 Å². The average molecular weight is 252 g/mol. The van der Waals surface area contributed by atoms with Crippen molar-refractivity contribution in [3.8, 4) is 0 Å². The highest BCUT2D eigenvalue weighted by Gasteiger charge is 2.56. The number of nitrogens with one attached hydrogen (secondary N) is 1. The summed E-state index contributed by atoms with van der Waals surface area (Å²) in [4.78, 5) is 2.72. The van der Waals surface area contributed by atoms with Gasteiger partial charge in [-0.2, -0.15) is 0 Å². The number of hydrogen-bond donors (Lipinski definition) is 2. The highest BCUT2D eigenvalue weighted by atomic mass is 16.3. The van der Waals surface area contributed by atoms with Gasteiger partial charge in [0.15, 0.2) is 0 Å². The fourth-order valence-corrected chi connectivity index (χ4v) is 4.39. The van der Waals surface area contributed by atoms with E-state index in [1.165, 1.54) is 38.8 Å². The fourth-order valence-electron chi connectivity index (χ4n) is 4.39. The second-order valence-electron chi connectivity index (χ2n) is 6.91. The van der Waals surface area contributed by atoms with Crippen LogP contribution in [0.15, 0.2) is 0 Å². The lowest BCUT2D eigenvalue weighted by molar-refractivity contribution is 0.118. The van der Waals surface area contributed by atoms with Gasteiger partial charge in [0.2, 0.25) is 0 Å². The molecule has 104 valence electrons. The highest BCUT2D eigenvalue weighted by Crippen LogP contribution is 2.52. The Kier molecular flexibility index (Phi) is 3.65. The largest absolute Gasteiger partial charge is 0.396 e. The SMILES string of the molecule is CC(C)N[C@@H]1CCCC[C@H]1N1C[C@@H]2[C@@H](CO)[C@@H]2C1. The molecule has 3 aliphatic rings. The quantitative estimate of drug-likeness (QED) is 0.795. The highest BCUT2D eigenvalue weighted by molar-refractivity contribution is 5.07. The molecule has 5 atom stereocenters. The number of aliphatic hydroxyl groups is 1. The van der Waals surface area contributed by atoms with Crippen molar-refractivity contribution in [3.63, 3.8) is 0 Å². The van der Waals surface area contributed by atoms with E-state index >= 15 is 0 Å². The molecular formula is C15H28N2O. The minimum atomic E-state index is 0.418. The van der Waals surface area contributed by atoms with E-state index < -0.39 is 0 Å². The molecule has 0 bridgehead atoms. The maximum Gasteiger partial charge on any atom is 0.0465 e. The van der Waals surface area contributed by atoms with Crippen molar-refractivity contribution in [3.05, 3.63) is 0 Å². The van der Waals surface area contributed by atoms with Gasteiger partial charge in [0.1, 0.15) is 0 Å². The van der Waals surface area contributed by atoms with Crippen LogP contribution in [0.3, 0.4) is 0 Å². The molecule has 0 aromatic heterocycles. The summed E-state index contributed by atoms with van der Waals surface area (Å²) in [6.45, 7) is 7.43. The third kappa shape index (κ3) is 2.33. The van der Waals surface area contributed by atoms with Gasteiger partial charge in [-0.3, -0.25) is 4.90 Å². The molecule has 0 unspecified atom stereocenters. The molecule has 1 heterocycles. The molecule has 1 aliphatic heterocycles. The molecule has 0 spiro atoms. The van der Waals surface area contributed by atoms with E-state index in [0.717, 1.165) is 17.9 Å². The fraction of sp³-hybridized carbons (Fsp3) is 1.00. The lowest BCUT2D eigenvalue weighted by Gasteiger charge is -2.40. The predicted octanol–water partition coefficient (Wildman–Crippen LogP) is 1.47. The monoisotopic (exact) mass is 252 g/mol. The van der Waals surface area contributed by atoms with Crippen LogP contribution in [0.2, 0.25) is 0 Å². The zero-order chi connectivity index (χ0) is 12.7. The molecule has 3 rings (SSSR count). The molecular weight excluding hydrogens is 224 g/mol. The summed E-state index contributed by atoms with van der Waals surface area (Å²) in [6.07, 6.45) is 5.50. The van der Waals surface area contributed by atoms with Crippen LogP contribution in [0.25, 0.3) is 0 Å². The van der Waals surface area contributed by atoms with Crippen molar-refractivity contribution in [1.29, 1.82) is 0 Å². The van der Waals surface area contributed by atoms with Gasteiger partial charge in [-0.1, -0.05) is 26.7 Å². The zero-order valence-electron chi connectivity index (χ0n) is 11.8. The van der Waals surface area contributed by atoms with Crippen LogP contribution in [0.5, 0.6) is 0 Å². The number of piperidine rings is 1. The van der Waals surface area contributed by atoms with Gasteiger partial charge in [0.05, 0.1) is 0 Å². The van der Waals surface area contributed by atoms with E-state index in [9.17, 15) is 5.11 Å². The van der Waals surface area contributed by atoms with Crippen LogP contribution in [0.4, 0.5) is 0 Å². The number of hydrogen-bond acceptors (Lipinski definition) is 3. The van der Waals surface area contributed by atoms with Crippen molar-refractivity contribution >= 4 is 0 Å². The van der Waals surface area contributed by atoms with Crippen molar-refractivity contribution in [2.24, 2.45) is 17.8 Å². The van der Waals surface area contributed by atoms with Gasteiger partial charge in [0, 0.05) is 37.8 Å². The number of likely N-dealkylation sites (tertiary alicyclic amines) is 1. The van der Waals surface area contributed by atoms with E-state index in [1.807, 2.05) is 0 Å². The molecule has 0 aromatic rings. The van der Waals surface area contributed by atoms with E-state index in [2.05, 4.69) is 24.1 Å². The van der Waals surface area contributed by atoms with Gasteiger partial charge in [-0.25, -0.2) is 0 Å². The lowest BCUT2D eigenvalue weighted by Crippen LogP contribution is -2.53. The number of nitrogens with zero attached hydrogens (tertiary/aromatic N) is 1. The molecule has 1 saturated heterocycles.